The normalized spacial score (nSPS) is 13.3. The number of nitrogens with zero attached hydrogens (tertiary/aromatic N) is 4. The summed E-state index contributed by atoms with van der Waals surface area (Å²) in [5.41, 5.74) is 10.4. The lowest BCUT2D eigenvalue weighted by molar-refractivity contribution is 0.646. The molecule has 0 saturated carbocycles. The Hall–Kier alpha value is -5.39. The van der Waals surface area contributed by atoms with E-state index in [0.29, 0.717) is 17.5 Å². The van der Waals surface area contributed by atoms with E-state index in [-0.39, 0.29) is 5.41 Å². The summed E-state index contributed by atoms with van der Waals surface area (Å²) in [6.45, 7) is 4.70. The van der Waals surface area contributed by atoms with E-state index in [4.69, 9.17) is 15.0 Å². The summed E-state index contributed by atoms with van der Waals surface area (Å²) < 4.78 is 2.47. The van der Waals surface area contributed by atoms with E-state index in [9.17, 15) is 0 Å². The van der Waals surface area contributed by atoms with Crippen molar-refractivity contribution in [3.8, 4) is 51.0 Å². The topological polar surface area (TPSA) is 43.6 Å². The SMILES string of the molecule is CC1(C)c2sccc2-n2c3ccc(-c4cccc(-c5nc(-c6ccccc6)nc(-c6ccccc6)n5)c4)cc3c3cccc1c32. The quantitative estimate of drug-likeness (QED) is 0.203. The van der Waals surface area contributed by atoms with Gasteiger partial charge in [-0.3, -0.25) is 0 Å². The van der Waals surface area contributed by atoms with Crippen LogP contribution in [-0.4, -0.2) is 19.5 Å². The minimum absolute atomic E-state index is 0.0354. The van der Waals surface area contributed by atoms with Crippen molar-refractivity contribution < 1.29 is 0 Å². The minimum Gasteiger partial charge on any atom is -0.308 e. The Balaban J connectivity index is 1.20. The summed E-state index contributed by atoms with van der Waals surface area (Å²) in [6.07, 6.45) is 0. The van der Waals surface area contributed by atoms with Gasteiger partial charge < -0.3 is 4.57 Å². The fraction of sp³-hybridized carbons (Fsp3) is 0.0750. The van der Waals surface area contributed by atoms with Crippen LogP contribution in [0.25, 0.3) is 72.8 Å². The first-order valence-corrected chi connectivity index (χ1v) is 16.1. The van der Waals surface area contributed by atoms with Crippen LogP contribution in [0, 0.1) is 0 Å². The average Bonchev–Trinajstić information content (AvgIpc) is 3.72. The molecular formula is C40H28N4S. The van der Waals surface area contributed by atoms with Crippen LogP contribution in [0.1, 0.15) is 24.3 Å². The number of hydrogen-bond donors (Lipinski definition) is 0. The fourth-order valence-corrected chi connectivity index (χ4v) is 7.86. The van der Waals surface area contributed by atoms with E-state index in [0.717, 1.165) is 22.3 Å². The predicted octanol–water partition coefficient (Wildman–Crippen LogP) is 10.3. The van der Waals surface area contributed by atoms with Crippen molar-refractivity contribution in [2.24, 2.45) is 0 Å². The number of thiophene rings is 1. The zero-order chi connectivity index (χ0) is 30.1. The molecule has 0 N–H and O–H groups in total. The van der Waals surface area contributed by atoms with Gasteiger partial charge in [0.25, 0.3) is 0 Å². The van der Waals surface area contributed by atoms with E-state index < -0.39 is 0 Å². The molecule has 45 heavy (non-hydrogen) atoms. The number of hydrogen-bond acceptors (Lipinski definition) is 4. The third-order valence-electron chi connectivity index (χ3n) is 9.07. The number of rotatable bonds is 4. The highest BCUT2D eigenvalue weighted by Gasteiger charge is 2.36. The summed E-state index contributed by atoms with van der Waals surface area (Å²) in [5.74, 6) is 1.98. The van der Waals surface area contributed by atoms with Crippen molar-refractivity contribution in [3.05, 3.63) is 143 Å². The van der Waals surface area contributed by atoms with Crippen molar-refractivity contribution in [1.82, 2.24) is 19.5 Å². The van der Waals surface area contributed by atoms with Crippen molar-refractivity contribution in [1.29, 1.82) is 0 Å². The standard InChI is InChI=1S/C40H28N4S/c1-40(2)32-18-10-17-30-31-24-28(19-20-33(31)44(35(30)32)34-21-22-45-36(34)40)27-15-9-16-29(23-27)39-42-37(25-11-5-3-6-12-25)41-38(43-39)26-13-7-4-8-14-26/h3-24H,1-2H3. The first-order chi connectivity index (χ1) is 22.1. The van der Waals surface area contributed by atoms with E-state index in [2.05, 4.69) is 90.5 Å². The lowest BCUT2D eigenvalue weighted by Gasteiger charge is -2.32. The molecule has 0 amide bonds. The Kier molecular flexibility index (Phi) is 5.68. The highest BCUT2D eigenvalue weighted by atomic mass is 32.1. The molecule has 5 aromatic carbocycles. The molecule has 0 radical (unpaired) electrons. The second-order valence-electron chi connectivity index (χ2n) is 12.1. The van der Waals surface area contributed by atoms with Gasteiger partial charge in [0.1, 0.15) is 0 Å². The maximum atomic E-state index is 4.96. The molecule has 0 fully saturated rings. The average molecular weight is 597 g/mol. The summed E-state index contributed by atoms with van der Waals surface area (Å²) in [5, 5.41) is 4.79. The predicted molar refractivity (Wildman–Crippen MR) is 186 cm³/mol. The minimum atomic E-state index is -0.0354. The molecule has 214 valence electrons. The number of para-hydroxylation sites is 1. The fourth-order valence-electron chi connectivity index (χ4n) is 6.85. The van der Waals surface area contributed by atoms with Crippen LogP contribution in [0.5, 0.6) is 0 Å². The largest absolute Gasteiger partial charge is 0.308 e. The molecule has 0 aliphatic carbocycles. The van der Waals surface area contributed by atoms with Crippen LogP contribution in [0.15, 0.2) is 133 Å². The van der Waals surface area contributed by atoms with Gasteiger partial charge in [0.05, 0.1) is 16.7 Å². The van der Waals surface area contributed by atoms with Gasteiger partial charge in [-0.15, -0.1) is 11.3 Å². The van der Waals surface area contributed by atoms with Crippen molar-refractivity contribution in [3.63, 3.8) is 0 Å². The van der Waals surface area contributed by atoms with Crippen LogP contribution in [0.4, 0.5) is 0 Å². The van der Waals surface area contributed by atoms with Gasteiger partial charge in [-0.1, -0.05) is 117 Å². The summed E-state index contributed by atoms with van der Waals surface area (Å²) in [7, 11) is 0. The Morgan fingerprint density at radius 3 is 1.84 bits per heavy atom. The van der Waals surface area contributed by atoms with Crippen LogP contribution >= 0.6 is 11.3 Å². The summed E-state index contributed by atoms with van der Waals surface area (Å²) in [4.78, 5) is 16.2. The second kappa shape index (κ2) is 9.81. The Morgan fingerprint density at radius 1 is 0.533 bits per heavy atom. The monoisotopic (exact) mass is 596 g/mol. The number of fused-ring (bicyclic) bond motifs is 5. The van der Waals surface area contributed by atoms with Gasteiger partial charge in [-0.25, -0.2) is 15.0 Å². The molecule has 8 aromatic rings. The van der Waals surface area contributed by atoms with Crippen molar-refractivity contribution >= 4 is 33.1 Å². The van der Waals surface area contributed by atoms with Crippen molar-refractivity contribution in [2.75, 3.05) is 0 Å². The molecule has 1 aliphatic rings. The molecule has 1 aliphatic heterocycles. The molecule has 0 atom stereocenters. The first-order valence-electron chi connectivity index (χ1n) is 15.2. The molecule has 9 rings (SSSR count). The molecule has 4 heterocycles. The smallest absolute Gasteiger partial charge is 0.164 e. The van der Waals surface area contributed by atoms with Gasteiger partial charge in [0.15, 0.2) is 17.5 Å². The molecular weight excluding hydrogens is 569 g/mol. The molecule has 5 heteroatoms. The first kappa shape index (κ1) is 26.1. The van der Waals surface area contributed by atoms with Crippen LogP contribution < -0.4 is 0 Å². The molecule has 0 spiro atoms. The van der Waals surface area contributed by atoms with Crippen molar-refractivity contribution in [2.45, 2.75) is 19.3 Å². The third-order valence-corrected chi connectivity index (χ3v) is 10.3. The van der Waals surface area contributed by atoms with E-state index in [1.807, 2.05) is 72.0 Å². The third kappa shape index (κ3) is 4.01. The van der Waals surface area contributed by atoms with Crippen LogP contribution in [-0.2, 0) is 5.41 Å². The Morgan fingerprint density at radius 2 is 1.13 bits per heavy atom. The Labute approximate surface area is 265 Å². The maximum absolute atomic E-state index is 4.96. The molecule has 0 bridgehead atoms. The lowest BCUT2D eigenvalue weighted by atomic mass is 9.79. The summed E-state index contributed by atoms with van der Waals surface area (Å²) in [6, 6.07) is 44.7. The van der Waals surface area contributed by atoms with Gasteiger partial charge >= 0.3 is 0 Å². The zero-order valence-corrected chi connectivity index (χ0v) is 25.7. The molecule has 0 saturated heterocycles. The Bertz CT molecular complexity index is 2340. The number of aromatic nitrogens is 4. The van der Waals surface area contributed by atoms with E-state index in [1.165, 1.54) is 43.5 Å². The second-order valence-corrected chi connectivity index (χ2v) is 13.1. The van der Waals surface area contributed by atoms with Crippen LogP contribution in [0.2, 0.25) is 0 Å². The lowest BCUT2D eigenvalue weighted by Crippen LogP contribution is -2.24. The highest BCUT2D eigenvalue weighted by Crippen LogP contribution is 2.49. The zero-order valence-electron chi connectivity index (χ0n) is 24.9. The molecule has 0 unspecified atom stereocenters. The van der Waals surface area contributed by atoms with Gasteiger partial charge in [-0.2, -0.15) is 0 Å². The maximum Gasteiger partial charge on any atom is 0.164 e. The van der Waals surface area contributed by atoms with Gasteiger partial charge in [-0.05, 0) is 46.3 Å². The highest BCUT2D eigenvalue weighted by molar-refractivity contribution is 7.10. The van der Waals surface area contributed by atoms with Gasteiger partial charge in [0, 0.05) is 37.8 Å². The summed E-state index contributed by atoms with van der Waals surface area (Å²) >= 11 is 1.85. The van der Waals surface area contributed by atoms with E-state index >= 15 is 0 Å². The number of benzene rings is 5. The van der Waals surface area contributed by atoms with Gasteiger partial charge in [0.2, 0.25) is 0 Å². The molecule has 4 nitrogen and oxygen atoms in total. The molecule has 3 aromatic heterocycles. The van der Waals surface area contributed by atoms with Crippen LogP contribution in [0.3, 0.4) is 0 Å². The van der Waals surface area contributed by atoms with E-state index in [1.54, 1.807) is 0 Å².